The molecule has 5 heteroatoms. The fourth-order valence-corrected chi connectivity index (χ4v) is 0.834. The summed E-state index contributed by atoms with van der Waals surface area (Å²) in [4.78, 5) is 11.5. The van der Waals surface area contributed by atoms with Gasteiger partial charge in [0.05, 0.1) is 0 Å². The van der Waals surface area contributed by atoms with Crippen LogP contribution in [-0.4, -0.2) is 27.1 Å². The molecule has 0 amide bonds. The van der Waals surface area contributed by atoms with Crippen LogP contribution in [0.5, 0.6) is 0 Å². The molecule has 1 heterocycles. The number of rotatable bonds is 3. The summed E-state index contributed by atoms with van der Waals surface area (Å²) in [6, 6.07) is 0. The topological polar surface area (TPSA) is 73.8 Å². The van der Waals surface area contributed by atoms with E-state index in [1.54, 1.807) is 18.5 Å². The van der Waals surface area contributed by atoms with E-state index in [0.717, 1.165) is 0 Å². The largest absolute Gasteiger partial charge is 0.330 e. The first kappa shape index (κ1) is 8.86. The van der Waals surface area contributed by atoms with Crippen molar-refractivity contribution in [3.05, 3.63) is 12.2 Å². The minimum absolute atomic E-state index is 0.0579. The van der Waals surface area contributed by atoms with Crippen molar-refractivity contribution < 1.29 is 4.79 Å². The number of aryl methyl sites for hydroxylation is 1. The summed E-state index contributed by atoms with van der Waals surface area (Å²) in [7, 11) is 1.73. The van der Waals surface area contributed by atoms with Gasteiger partial charge in [0.25, 0.3) is 0 Å². The number of Topliss-reactive ketones (excluding diaryl/α,β-unsaturated/α-hetero) is 1. The molecule has 1 unspecified atom stereocenters. The highest BCUT2D eigenvalue weighted by Gasteiger charge is 2.17. The Labute approximate surface area is 70.6 Å². The third-order valence-electron chi connectivity index (χ3n) is 1.73. The second kappa shape index (κ2) is 3.44. The van der Waals surface area contributed by atoms with Crippen LogP contribution in [0.4, 0.5) is 0 Å². The fraction of sp³-hybridized carbons (Fsp3) is 0.571. The Hall–Kier alpha value is -1.23. The van der Waals surface area contributed by atoms with E-state index in [-0.39, 0.29) is 11.7 Å². The molecule has 0 saturated carbocycles. The summed E-state index contributed by atoms with van der Waals surface area (Å²) in [5.74, 6) is 0.123. The first-order chi connectivity index (χ1) is 5.66. The van der Waals surface area contributed by atoms with E-state index in [9.17, 15) is 4.79 Å². The van der Waals surface area contributed by atoms with Crippen molar-refractivity contribution >= 4 is 5.78 Å². The second-order valence-corrected chi connectivity index (χ2v) is 2.77. The zero-order chi connectivity index (χ0) is 9.14. The lowest BCUT2D eigenvalue weighted by molar-refractivity contribution is 0.0920. The van der Waals surface area contributed by atoms with Crippen molar-refractivity contribution in [2.75, 3.05) is 6.54 Å². The Morgan fingerprint density at radius 3 is 2.92 bits per heavy atom. The number of hydrogen-bond donors (Lipinski definition) is 1. The number of carbonyl (C=O) groups is 1. The molecule has 0 saturated heterocycles. The molecule has 1 aromatic rings. The minimum Gasteiger partial charge on any atom is -0.330 e. The summed E-state index contributed by atoms with van der Waals surface area (Å²) >= 11 is 0. The monoisotopic (exact) mass is 168 g/mol. The van der Waals surface area contributed by atoms with Crippen molar-refractivity contribution in [2.24, 2.45) is 18.7 Å². The van der Waals surface area contributed by atoms with Crippen molar-refractivity contribution in [3.63, 3.8) is 0 Å². The number of nitrogens with zero attached hydrogens (tertiary/aromatic N) is 3. The molecule has 0 aliphatic carbocycles. The molecule has 0 fully saturated rings. The van der Waals surface area contributed by atoms with Crippen LogP contribution >= 0.6 is 0 Å². The average Bonchev–Trinajstić information content (AvgIpc) is 2.48. The van der Waals surface area contributed by atoms with Gasteiger partial charge in [-0.3, -0.25) is 4.79 Å². The van der Waals surface area contributed by atoms with Crippen molar-refractivity contribution in [1.82, 2.24) is 14.8 Å². The molecular formula is C7H12N4O. The van der Waals surface area contributed by atoms with Crippen LogP contribution in [0.3, 0.4) is 0 Å². The summed E-state index contributed by atoms with van der Waals surface area (Å²) < 4.78 is 1.59. The molecule has 5 nitrogen and oxygen atoms in total. The van der Waals surface area contributed by atoms with Crippen LogP contribution < -0.4 is 5.73 Å². The smallest absolute Gasteiger partial charge is 0.204 e. The molecule has 1 rings (SSSR count). The highest BCUT2D eigenvalue weighted by atomic mass is 16.1. The number of carbonyl (C=O) groups excluding carboxylic acids is 1. The van der Waals surface area contributed by atoms with Crippen LogP contribution in [0.1, 0.15) is 17.5 Å². The Bertz CT molecular complexity index is 281. The Morgan fingerprint density at radius 2 is 2.50 bits per heavy atom. The number of ketones is 1. The van der Waals surface area contributed by atoms with Gasteiger partial charge in [-0.2, -0.15) is 0 Å². The standard InChI is InChI=1S/C7H12N4O/c1-5(3-8)6(12)7-10-9-4-11(7)2/h4-5H,3,8H2,1-2H3. The maximum atomic E-state index is 11.5. The number of hydrogen-bond acceptors (Lipinski definition) is 4. The van der Waals surface area contributed by atoms with E-state index in [4.69, 9.17) is 5.73 Å². The van der Waals surface area contributed by atoms with Crippen LogP contribution in [0.15, 0.2) is 6.33 Å². The first-order valence-corrected chi connectivity index (χ1v) is 3.75. The van der Waals surface area contributed by atoms with E-state index in [2.05, 4.69) is 10.2 Å². The molecule has 0 aliphatic rings. The highest BCUT2D eigenvalue weighted by molar-refractivity contribution is 5.94. The SMILES string of the molecule is CC(CN)C(=O)c1nncn1C. The maximum absolute atomic E-state index is 11.5. The van der Waals surface area contributed by atoms with Gasteiger partial charge in [0.2, 0.25) is 5.78 Å². The van der Waals surface area contributed by atoms with Gasteiger partial charge in [-0.1, -0.05) is 6.92 Å². The molecule has 66 valence electrons. The summed E-state index contributed by atoms with van der Waals surface area (Å²) in [6.07, 6.45) is 1.50. The Kier molecular flexibility index (Phi) is 2.54. The lowest BCUT2D eigenvalue weighted by atomic mass is 10.1. The van der Waals surface area contributed by atoms with E-state index in [1.165, 1.54) is 6.33 Å². The molecule has 1 aromatic heterocycles. The predicted molar refractivity (Wildman–Crippen MR) is 43.6 cm³/mol. The lowest BCUT2D eigenvalue weighted by Gasteiger charge is -2.04. The fourth-order valence-electron chi connectivity index (χ4n) is 0.834. The zero-order valence-electron chi connectivity index (χ0n) is 7.19. The van der Waals surface area contributed by atoms with Gasteiger partial charge in [0, 0.05) is 19.5 Å². The molecular weight excluding hydrogens is 156 g/mol. The Balaban J connectivity index is 2.85. The number of aromatic nitrogens is 3. The van der Waals surface area contributed by atoms with Crippen molar-refractivity contribution in [2.45, 2.75) is 6.92 Å². The molecule has 1 atom stereocenters. The highest BCUT2D eigenvalue weighted by Crippen LogP contribution is 2.02. The molecule has 0 aliphatic heterocycles. The van der Waals surface area contributed by atoms with Crippen molar-refractivity contribution in [3.8, 4) is 0 Å². The third-order valence-corrected chi connectivity index (χ3v) is 1.73. The van der Waals surface area contributed by atoms with E-state index in [1.807, 2.05) is 0 Å². The van der Waals surface area contributed by atoms with Crippen LogP contribution in [-0.2, 0) is 7.05 Å². The van der Waals surface area contributed by atoms with E-state index in [0.29, 0.717) is 12.4 Å². The lowest BCUT2D eigenvalue weighted by Crippen LogP contribution is -2.23. The van der Waals surface area contributed by atoms with Gasteiger partial charge in [-0.15, -0.1) is 10.2 Å². The van der Waals surface area contributed by atoms with Gasteiger partial charge in [0.1, 0.15) is 6.33 Å². The minimum atomic E-state index is -0.187. The van der Waals surface area contributed by atoms with Gasteiger partial charge in [-0.05, 0) is 0 Å². The molecule has 2 N–H and O–H groups in total. The number of nitrogens with two attached hydrogens (primary N) is 1. The normalized spacial score (nSPS) is 12.9. The summed E-state index contributed by atoms with van der Waals surface area (Å²) in [5.41, 5.74) is 5.35. The maximum Gasteiger partial charge on any atom is 0.204 e. The van der Waals surface area contributed by atoms with Gasteiger partial charge in [-0.25, -0.2) is 0 Å². The molecule has 0 aromatic carbocycles. The van der Waals surface area contributed by atoms with Gasteiger partial charge >= 0.3 is 0 Å². The van der Waals surface area contributed by atoms with Gasteiger partial charge < -0.3 is 10.3 Å². The predicted octanol–water partition coefficient (Wildman–Crippen LogP) is -0.407. The Morgan fingerprint density at radius 1 is 1.83 bits per heavy atom. The first-order valence-electron chi connectivity index (χ1n) is 3.75. The van der Waals surface area contributed by atoms with E-state index >= 15 is 0 Å². The van der Waals surface area contributed by atoms with E-state index < -0.39 is 0 Å². The second-order valence-electron chi connectivity index (χ2n) is 2.77. The average molecular weight is 168 g/mol. The van der Waals surface area contributed by atoms with Crippen LogP contribution in [0.25, 0.3) is 0 Å². The van der Waals surface area contributed by atoms with Crippen LogP contribution in [0, 0.1) is 5.92 Å². The zero-order valence-corrected chi connectivity index (χ0v) is 7.19. The molecule has 0 radical (unpaired) electrons. The third kappa shape index (κ3) is 1.50. The van der Waals surface area contributed by atoms with Crippen molar-refractivity contribution in [1.29, 1.82) is 0 Å². The molecule has 12 heavy (non-hydrogen) atoms. The quantitative estimate of drug-likeness (QED) is 0.623. The van der Waals surface area contributed by atoms with Crippen LogP contribution in [0.2, 0.25) is 0 Å². The summed E-state index contributed by atoms with van der Waals surface area (Å²) in [5, 5.41) is 7.30. The molecule has 0 spiro atoms. The molecule has 0 bridgehead atoms. The summed E-state index contributed by atoms with van der Waals surface area (Å²) in [6.45, 7) is 2.11. The van der Waals surface area contributed by atoms with Gasteiger partial charge in [0.15, 0.2) is 5.82 Å².